The summed E-state index contributed by atoms with van der Waals surface area (Å²) in [7, 11) is 1.38. The van der Waals surface area contributed by atoms with E-state index < -0.39 is 0 Å². The molecule has 0 spiro atoms. The van der Waals surface area contributed by atoms with Crippen molar-refractivity contribution in [2.45, 2.75) is 65.2 Å². The number of ether oxygens (including phenoxy) is 2. The van der Waals surface area contributed by atoms with Gasteiger partial charge >= 0.3 is 5.97 Å². The molecular weight excluding hydrogens is 468 g/mol. The minimum absolute atomic E-state index is 0.0988. The summed E-state index contributed by atoms with van der Waals surface area (Å²) < 4.78 is 10.8. The van der Waals surface area contributed by atoms with Crippen molar-refractivity contribution >= 4 is 45.5 Å². The minimum atomic E-state index is -0.378. The summed E-state index contributed by atoms with van der Waals surface area (Å²) in [6, 6.07) is 8.05. The van der Waals surface area contributed by atoms with Gasteiger partial charge in [0.25, 0.3) is 0 Å². The first kappa shape index (κ1) is 26.2. The van der Waals surface area contributed by atoms with Gasteiger partial charge in [0.05, 0.1) is 19.3 Å². The highest BCUT2D eigenvalue weighted by atomic mass is 32.1. The van der Waals surface area contributed by atoms with Gasteiger partial charge in [-0.25, -0.2) is 4.79 Å². The van der Waals surface area contributed by atoms with E-state index in [1.807, 2.05) is 12.1 Å². The van der Waals surface area contributed by atoms with Gasteiger partial charge in [-0.1, -0.05) is 39.8 Å². The Kier molecular flexibility index (Phi) is 8.71. The first-order valence-electron chi connectivity index (χ1n) is 11.7. The normalized spacial score (nSPS) is 15.3. The number of hydrogen-bond acceptors (Lipinski definition) is 6. The maximum Gasteiger partial charge on any atom is 0.341 e. The summed E-state index contributed by atoms with van der Waals surface area (Å²) in [6.07, 6.45) is 3.66. The molecule has 34 heavy (non-hydrogen) atoms. The largest absolute Gasteiger partial charge is 0.494 e. The molecule has 184 valence electrons. The van der Waals surface area contributed by atoms with E-state index in [9.17, 15) is 9.59 Å². The van der Waals surface area contributed by atoms with Gasteiger partial charge in [0.2, 0.25) is 5.91 Å². The van der Waals surface area contributed by atoms with E-state index in [1.165, 1.54) is 28.9 Å². The number of methoxy groups -OCH3 is 1. The number of anilines is 1. The van der Waals surface area contributed by atoms with Crippen molar-refractivity contribution in [1.29, 1.82) is 0 Å². The number of amides is 1. The average molecular weight is 503 g/mol. The maximum atomic E-state index is 12.4. The van der Waals surface area contributed by atoms with Crippen LogP contribution in [0.5, 0.6) is 5.75 Å². The zero-order chi connectivity index (χ0) is 24.9. The first-order chi connectivity index (χ1) is 16.1. The van der Waals surface area contributed by atoms with Crippen molar-refractivity contribution in [3.63, 3.8) is 0 Å². The third kappa shape index (κ3) is 6.79. The highest BCUT2D eigenvalue weighted by molar-refractivity contribution is 7.80. The summed E-state index contributed by atoms with van der Waals surface area (Å²) in [5.74, 6) is 0.793. The number of rotatable bonds is 7. The monoisotopic (exact) mass is 502 g/mol. The molecule has 1 heterocycles. The van der Waals surface area contributed by atoms with Crippen LogP contribution in [-0.2, 0) is 27.8 Å². The molecule has 1 aliphatic rings. The fourth-order valence-electron chi connectivity index (χ4n) is 3.95. The fraction of sp³-hybridized carbons (Fsp3) is 0.500. The molecule has 1 aromatic carbocycles. The summed E-state index contributed by atoms with van der Waals surface area (Å²) >= 11 is 6.85. The molecule has 1 atom stereocenters. The number of benzene rings is 1. The third-order valence-electron chi connectivity index (χ3n) is 5.92. The van der Waals surface area contributed by atoms with Crippen LogP contribution in [0.25, 0.3) is 0 Å². The third-order valence-corrected chi connectivity index (χ3v) is 7.29. The van der Waals surface area contributed by atoms with Crippen LogP contribution in [0, 0.1) is 5.92 Å². The van der Waals surface area contributed by atoms with Crippen molar-refractivity contribution in [2.24, 2.45) is 5.92 Å². The van der Waals surface area contributed by atoms with Crippen LogP contribution in [0.15, 0.2) is 24.3 Å². The Balaban J connectivity index is 1.48. The predicted octanol–water partition coefficient (Wildman–Crippen LogP) is 5.63. The number of esters is 1. The summed E-state index contributed by atoms with van der Waals surface area (Å²) in [4.78, 5) is 25.9. The second kappa shape index (κ2) is 11.3. The van der Waals surface area contributed by atoms with Crippen LogP contribution in [0.2, 0.25) is 0 Å². The number of thiophene rings is 1. The molecule has 0 saturated heterocycles. The highest BCUT2D eigenvalue weighted by Crippen LogP contribution is 2.40. The van der Waals surface area contributed by atoms with E-state index in [0.29, 0.717) is 29.5 Å². The lowest BCUT2D eigenvalue weighted by atomic mass is 9.87. The Morgan fingerprint density at radius 3 is 2.56 bits per heavy atom. The summed E-state index contributed by atoms with van der Waals surface area (Å²) in [6.45, 7) is 9.16. The molecule has 1 aliphatic carbocycles. The molecule has 0 radical (unpaired) electrons. The number of fused-ring (bicyclic) bond motifs is 1. The smallest absolute Gasteiger partial charge is 0.341 e. The van der Waals surface area contributed by atoms with E-state index in [1.54, 1.807) is 0 Å². The molecule has 0 aliphatic heterocycles. The van der Waals surface area contributed by atoms with Gasteiger partial charge < -0.3 is 20.1 Å². The number of carbonyl (C=O) groups excluding carboxylic acids is 2. The molecule has 0 saturated carbocycles. The Labute approximate surface area is 211 Å². The molecule has 0 bridgehead atoms. The van der Waals surface area contributed by atoms with Crippen molar-refractivity contribution < 1.29 is 19.1 Å². The molecule has 2 N–H and O–H groups in total. The number of hydrogen-bond donors (Lipinski definition) is 2. The average Bonchev–Trinajstić information content (AvgIpc) is 3.12. The fourth-order valence-corrected chi connectivity index (χ4v) is 5.64. The number of carbonyl (C=O) groups is 2. The lowest BCUT2D eigenvalue weighted by molar-refractivity contribution is -0.119. The van der Waals surface area contributed by atoms with Gasteiger partial charge in [0.1, 0.15) is 10.8 Å². The highest BCUT2D eigenvalue weighted by Gasteiger charge is 2.28. The van der Waals surface area contributed by atoms with Gasteiger partial charge in [-0.2, -0.15) is 0 Å². The van der Waals surface area contributed by atoms with Crippen molar-refractivity contribution in [2.75, 3.05) is 19.0 Å². The molecule has 0 fully saturated rings. The number of thiocarbonyl (C=S) groups is 1. The molecule has 8 heteroatoms. The second-order valence-electron chi connectivity index (χ2n) is 9.78. The standard InChI is InChI=1S/C26H34N2O4S2/c1-16-8-13-19-20(15-16)34-23(22(19)24(30)31-5)28-25(33)27-21(29)7-6-14-32-18-11-9-17(10-12-18)26(2,3)4/h9-12,16H,6-8,13-15H2,1-5H3,(H2,27,28,29,33). The van der Waals surface area contributed by atoms with Gasteiger partial charge in [-0.05, 0) is 72.5 Å². The zero-order valence-corrected chi connectivity index (χ0v) is 22.2. The quantitative estimate of drug-likeness (QED) is 0.290. The van der Waals surface area contributed by atoms with Crippen LogP contribution in [-0.4, -0.2) is 30.7 Å². The molecule has 1 amide bonds. The molecule has 3 rings (SSSR count). The maximum absolute atomic E-state index is 12.4. The van der Waals surface area contributed by atoms with Gasteiger partial charge in [-0.3, -0.25) is 4.79 Å². The van der Waals surface area contributed by atoms with E-state index in [0.717, 1.165) is 30.6 Å². The Morgan fingerprint density at radius 2 is 1.91 bits per heavy atom. The van der Waals surface area contributed by atoms with Crippen LogP contribution < -0.4 is 15.4 Å². The van der Waals surface area contributed by atoms with Crippen LogP contribution in [0.3, 0.4) is 0 Å². The lowest BCUT2D eigenvalue weighted by Crippen LogP contribution is -2.34. The van der Waals surface area contributed by atoms with Crippen molar-refractivity contribution in [1.82, 2.24) is 5.32 Å². The van der Waals surface area contributed by atoms with E-state index >= 15 is 0 Å². The van der Waals surface area contributed by atoms with Gasteiger partial charge in [0.15, 0.2) is 5.11 Å². The molecule has 1 aromatic heterocycles. The summed E-state index contributed by atoms with van der Waals surface area (Å²) in [5.41, 5.74) is 2.93. The first-order valence-corrected chi connectivity index (χ1v) is 12.9. The topological polar surface area (TPSA) is 76.7 Å². The van der Waals surface area contributed by atoms with Gasteiger partial charge in [-0.15, -0.1) is 11.3 Å². The van der Waals surface area contributed by atoms with E-state index in [4.69, 9.17) is 21.7 Å². The van der Waals surface area contributed by atoms with Gasteiger partial charge in [0, 0.05) is 11.3 Å². The Bertz CT molecular complexity index is 1040. The van der Waals surface area contributed by atoms with Crippen molar-refractivity contribution in [3.05, 3.63) is 45.8 Å². The van der Waals surface area contributed by atoms with Crippen molar-refractivity contribution in [3.8, 4) is 5.75 Å². The predicted molar refractivity (Wildman–Crippen MR) is 141 cm³/mol. The summed E-state index contributed by atoms with van der Waals surface area (Å²) in [5, 5.41) is 6.57. The van der Waals surface area contributed by atoms with E-state index in [-0.39, 0.29) is 28.8 Å². The Morgan fingerprint density at radius 1 is 1.21 bits per heavy atom. The van der Waals surface area contributed by atoms with Crippen LogP contribution in [0.1, 0.15) is 73.3 Å². The number of nitrogens with one attached hydrogen (secondary N) is 2. The van der Waals surface area contributed by atoms with E-state index in [2.05, 4.69) is 50.5 Å². The molecule has 6 nitrogen and oxygen atoms in total. The van der Waals surface area contributed by atoms with Crippen LogP contribution in [0.4, 0.5) is 5.00 Å². The second-order valence-corrected chi connectivity index (χ2v) is 11.3. The minimum Gasteiger partial charge on any atom is -0.494 e. The molecular formula is C26H34N2O4S2. The Hall–Kier alpha value is -2.45. The zero-order valence-electron chi connectivity index (χ0n) is 20.6. The molecule has 2 aromatic rings. The lowest BCUT2D eigenvalue weighted by Gasteiger charge is -2.19. The SMILES string of the molecule is COC(=O)c1c(NC(=S)NC(=O)CCCOc2ccc(C(C)(C)C)cc2)sc2c1CCC(C)C2. The van der Waals surface area contributed by atoms with Crippen LogP contribution >= 0.6 is 23.6 Å². The molecule has 1 unspecified atom stereocenters.